The molecule has 6 atom stereocenters. The minimum absolute atomic E-state index is 0.0641. The van der Waals surface area contributed by atoms with Crippen molar-refractivity contribution in [3.63, 3.8) is 0 Å². The maximum absolute atomic E-state index is 14.3. The highest BCUT2D eigenvalue weighted by Gasteiger charge is 2.75. The van der Waals surface area contributed by atoms with Crippen LogP contribution in [0.2, 0.25) is 0 Å². The zero-order chi connectivity index (χ0) is 35.0. The van der Waals surface area contributed by atoms with Crippen LogP contribution in [0.25, 0.3) is 12.2 Å². The molecule has 49 heavy (non-hydrogen) atoms. The lowest BCUT2D eigenvalue weighted by molar-refractivity contribution is -0.138. The Balaban J connectivity index is 1.22. The van der Waals surface area contributed by atoms with E-state index in [2.05, 4.69) is 0 Å². The van der Waals surface area contributed by atoms with Crippen LogP contribution in [0.5, 0.6) is 17.2 Å². The van der Waals surface area contributed by atoms with Crippen LogP contribution in [0.15, 0.2) is 72.3 Å². The van der Waals surface area contributed by atoms with E-state index < -0.39 is 45.2 Å². The fourth-order valence-electron chi connectivity index (χ4n) is 8.12. The summed E-state index contributed by atoms with van der Waals surface area (Å²) in [6.45, 7) is 1.72. The van der Waals surface area contributed by atoms with Gasteiger partial charge in [0.05, 0.1) is 31.7 Å². The van der Waals surface area contributed by atoms with Crippen LogP contribution < -0.4 is 14.4 Å². The molecule has 3 aromatic rings. The number of amides is 4. The smallest absolute Gasteiger partial charge is 0.253 e. The highest BCUT2D eigenvalue weighted by atomic mass is 35.5. The van der Waals surface area contributed by atoms with Gasteiger partial charge in [0, 0.05) is 18.5 Å². The van der Waals surface area contributed by atoms with E-state index in [-0.39, 0.29) is 30.4 Å². The molecule has 2 heterocycles. The Morgan fingerprint density at radius 2 is 1.61 bits per heavy atom. The number of aromatic hydroxyl groups is 1. The zero-order valence-electron chi connectivity index (χ0n) is 27.3. The van der Waals surface area contributed by atoms with Crippen LogP contribution in [0.3, 0.4) is 0 Å². The third kappa shape index (κ3) is 4.73. The number of hydrogen-bond acceptors (Lipinski definition) is 7. The number of nitrogens with zero attached hydrogens (tertiary/aromatic N) is 2. The SMILES string of the molecule is COc1ccc(OC)c(C=Cc2ccc(N3C(=O)C4CC=C5C(CC6(Cl)C(=O)N(C)C(=O)C6(Cl)C5c5ccc(O)c(C)c5)C4C3=O)cc2)c1. The van der Waals surface area contributed by atoms with Gasteiger partial charge in [-0.3, -0.25) is 29.0 Å². The van der Waals surface area contributed by atoms with Gasteiger partial charge in [-0.05, 0) is 78.8 Å². The van der Waals surface area contributed by atoms with Gasteiger partial charge in [-0.2, -0.15) is 0 Å². The topological polar surface area (TPSA) is 113 Å². The number of halogens is 2. The van der Waals surface area contributed by atoms with Crippen LogP contribution in [0, 0.1) is 24.7 Å². The molecule has 0 aromatic heterocycles. The summed E-state index contributed by atoms with van der Waals surface area (Å²) in [7, 11) is 4.55. The number of phenolic OH excluding ortho intramolecular Hbond substituents is 1. The summed E-state index contributed by atoms with van der Waals surface area (Å²) in [5, 5.41) is 10.3. The van der Waals surface area contributed by atoms with Crippen molar-refractivity contribution in [2.24, 2.45) is 17.8 Å². The minimum Gasteiger partial charge on any atom is -0.508 e. The van der Waals surface area contributed by atoms with E-state index in [0.717, 1.165) is 16.0 Å². The molecule has 1 saturated carbocycles. The Morgan fingerprint density at radius 3 is 2.29 bits per heavy atom. The van der Waals surface area contributed by atoms with Gasteiger partial charge in [0.1, 0.15) is 17.2 Å². The number of rotatable bonds is 6. The van der Waals surface area contributed by atoms with Crippen LogP contribution in [0.1, 0.15) is 41.0 Å². The van der Waals surface area contributed by atoms with Crippen LogP contribution in [-0.4, -0.2) is 64.7 Å². The van der Waals surface area contributed by atoms with Gasteiger partial charge in [0.15, 0.2) is 9.75 Å². The summed E-state index contributed by atoms with van der Waals surface area (Å²) < 4.78 is 10.8. The Labute approximate surface area is 293 Å². The van der Waals surface area contributed by atoms with Crippen molar-refractivity contribution in [2.45, 2.75) is 35.4 Å². The number of anilines is 1. The average Bonchev–Trinajstić information content (AvgIpc) is 3.43. The molecule has 0 spiro atoms. The Bertz CT molecular complexity index is 1990. The molecule has 4 amide bonds. The molecule has 6 unspecified atom stereocenters. The average molecular weight is 702 g/mol. The summed E-state index contributed by atoms with van der Waals surface area (Å²) in [5.41, 5.74) is 3.93. The summed E-state index contributed by atoms with van der Waals surface area (Å²) >= 11 is 14.5. The number of phenols is 1. The number of carbonyl (C=O) groups excluding carboxylic acids is 4. The summed E-state index contributed by atoms with van der Waals surface area (Å²) in [6.07, 6.45) is 5.86. The summed E-state index contributed by atoms with van der Waals surface area (Å²) in [5.74, 6) is -3.53. The second kappa shape index (κ2) is 11.8. The highest BCUT2D eigenvalue weighted by molar-refractivity contribution is 6.53. The number of methoxy groups -OCH3 is 2. The molecule has 3 aromatic carbocycles. The molecule has 0 bridgehead atoms. The van der Waals surface area contributed by atoms with Crippen LogP contribution in [0.4, 0.5) is 5.69 Å². The van der Waals surface area contributed by atoms with E-state index in [1.807, 2.05) is 48.6 Å². The molecular formula is C38H34Cl2N2O7. The molecule has 4 aliphatic rings. The first-order chi connectivity index (χ1) is 23.3. The lowest BCUT2D eigenvalue weighted by atomic mass is 9.56. The molecule has 11 heteroatoms. The number of hydrogen-bond donors (Lipinski definition) is 1. The lowest BCUT2D eigenvalue weighted by Crippen LogP contribution is -2.60. The van der Waals surface area contributed by atoms with Gasteiger partial charge in [0.2, 0.25) is 11.8 Å². The van der Waals surface area contributed by atoms with Crippen LogP contribution >= 0.6 is 23.2 Å². The van der Waals surface area contributed by atoms with Gasteiger partial charge in [-0.1, -0.05) is 48.1 Å². The van der Waals surface area contributed by atoms with Crippen molar-refractivity contribution in [3.8, 4) is 17.2 Å². The number of imide groups is 2. The maximum Gasteiger partial charge on any atom is 0.253 e. The van der Waals surface area contributed by atoms with Gasteiger partial charge in [-0.25, -0.2) is 0 Å². The van der Waals surface area contributed by atoms with Crippen molar-refractivity contribution in [1.82, 2.24) is 4.90 Å². The van der Waals surface area contributed by atoms with E-state index in [9.17, 15) is 24.3 Å². The molecule has 2 aliphatic heterocycles. The number of allylic oxidation sites excluding steroid dienone is 2. The van der Waals surface area contributed by atoms with E-state index in [1.165, 1.54) is 18.0 Å². The first kappa shape index (κ1) is 32.9. The largest absolute Gasteiger partial charge is 0.508 e. The number of fused-ring (bicyclic) bond motifs is 4. The second-order valence-electron chi connectivity index (χ2n) is 13.1. The predicted molar refractivity (Wildman–Crippen MR) is 186 cm³/mol. The fourth-order valence-corrected chi connectivity index (χ4v) is 9.14. The summed E-state index contributed by atoms with van der Waals surface area (Å²) in [4.78, 5) is 54.1. The number of carbonyl (C=O) groups is 4. The Morgan fingerprint density at radius 1 is 0.878 bits per heavy atom. The number of ether oxygens (including phenoxy) is 2. The molecule has 2 aliphatic carbocycles. The second-order valence-corrected chi connectivity index (χ2v) is 14.3. The monoisotopic (exact) mass is 700 g/mol. The van der Waals surface area contributed by atoms with Crippen molar-refractivity contribution >= 4 is 64.7 Å². The molecule has 2 saturated heterocycles. The lowest BCUT2D eigenvalue weighted by Gasteiger charge is -2.50. The number of aryl methyl sites for hydroxylation is 1. The summed E-state index contributed by atoms with van der Waals surface area (Å²) in [6, 6.07) is 17.5. The molecular weight excluding hydrogens is 667 g/mol. The van der Waals surface area contributed by atoms with Gasteiger partial charge < -0.3 is 14.6 Å². The van der Waals surface area contributed by atoms with Gasteiger partial charge >= 0.3 is 0 Å². The number of alkyl halides is 2. The van der Waals surface area contributed by atoms with E-state index in [0.29, 0.717) is 33.9 Å². The number of benzene rings is 3. The van der Waals surface area contributed by atoms with Crippen LogP contribution in [-0.2, 0) is 19.2 Å². The minimum atomic E-state index is -1.87. The Kier molecular flexibility index (Phi) is 7.91. The molecule has 7 rings (SSSR count). The first-order valence-electron chi connectivity index (χ1n) is 15.9. The highest BCUT2D eigenvalue weighted by Crippen LogP contribution is 2.65. The predicted octanol–water partition coefficient (Wildman–Crippen LogP) is 6.08. The normalized spacial score (nSPS) is 29.2. The van der Waals surface area contributed by atoms with Gasteiger partial charge in [0.25, 0.3) is 11.8 Å². The third-order valence-electron chi connectivity index (χ3n) is 10.6. The zero-order valence-corrected chi connectivity index (χ0v) is 28.8. The fraction of sp³-hybridized carbons (Fsp3) is 0.316. The number of likely N-dealkylation sites (tertiary alicyclic amines) is 1. The van der Waals surface area contributed by atoms with Crippen molar-refractivity contribution in [2.75, 3.05) is 26.2 Å². The van der Waals surface area contributed by atoms with Crippen molar-refractivity contribution < 1.29 is 33.8 Å². The molecule has 3 fully saturated rings. The molecule has 9 nitrogen and oxygen atoms in total. The van der Waals surface area contributed by atoms with Crippen molar-refractivity contribution in [3.05, 3.63) is 94.6 Å². The maximum atomic E-state index is 14.3. The van der Waals surface area contributed by atoms with E-state index >= 15 is 0 Å². The molecule has 1 N–H and O–H groups in total. The molecule has 252 valence electrons. The quantitative estimate of drug-likeness (QED) is 0.144. The van der Waals surface area contributed by atoms with Crippen molar-refractivity contribution in [1.29, 1.82) is 0 Å². The van der Waals surface area contributed by atoms with E-state index in [1.54, 1.807) is 45.4 Å². The standard InChI is InChI=1S/C38H34Cl2N2O7/c1-20-17-23(9-15-29(20)43)32-26-13-14-27-31(28(26)19-37(39)35(46)41(2)36(47)38(32,37)40)34(45)42(33(27)44)24-10-6-21(7-11-24)5-8-22-18-25(48-3)12-16-30(22)49-4/h5-13,15-18,27-28,31-32,43H,14,19H2,1-4H3. The van der Waals surface area contributed by atoms with E-state index in [4.69, 9.17) is 32.7 Å². The molecule has 0 radical (unpaired) electrons. The van der Waals surface area contributed by atoms with Gasteiger partial charge in [-0.15, -0.1) is 23.2 Å². The first-order valence-corrected chi connectivity index (χ1v) is 16.7. The Hall–Kier alpha value is -4.60. The third-order valence-corrected chi connectivity index (χ3v) is 12.0.